The van der Waals surface area contributed by atoms with E-state index in [-0.39, 0.29) is 28.7 Å². The Hall–Kier alpha value is -2.54. The zero-order valence-electron chi connectivity index (χ0n) is 14.8. The number of nitrogens with two attached hydrogens (primary N) is 1. The molecule has 2 aromatic rings. The summed E-state index contributed by atoms with van der Waals surface area (Å²) < 4.78 is 15.9. The van der Waals surface area contributed by atoms with E-state index in [4.69, 9.17) is 11.1 Å². The summed E-state index contributed by atoms with van der Waals surface area (Å²) in [7, 11) is 0. The van der Waals surface area contributed by atoms with Gasteiger partial charge in [-0.1, -0.05) is 6.92 Å². The van der Waals surface area contributed by atoms with E-state index in [1.165, 1.54) is 6.07 Å². The lowest BCUT2D eigenvalue weighted by atomic mass is 9.93. The van der Waals surface area contributed by atoms with E-state index < -0.39 is 17.3 Å². The molecule has 138 valence electrons. The molecule has 0 radical (unpaired) electrons. The number of carboxylic acids is 1. The molecule has 1 atom stereocenters. The van der Waals surface area contributed by atoms with Gasteiger partial charge >= 0.3 is 5.97 Å². The van der Waals surface area contributed by atoms with Crippen molar-refractivity contribution in [2.45, 2.75) is 39.0 Å². The summed E-state index contributed by atoms with van der Waals surface area (Å²) in [5.74, 6) is -1.82. The number of pyridine rings is 2. The molecule has 4 N–H and O–H groups in total. The second kappa shape index (κ2) is 6.64. The molecule has 1 aliphatic rings. The van der Waals surface area contributed by atoms with Gasteiger partial charge in [0, 0.05) is 17.5 Å². The average molecular weight is 359 g/mol. The Morgan fingerprint density at radius 2 is 2.15 bits per heavy atom. The Morgan fingerprint density at radius 1 is 1.50 bits per heavy atom. The summed E-state index contributed by atoms with van der Waals surface area (Å²) in [4.78, 5) is 23.9. The number of aromatic carboxylic acids is 1. The maximum absolute atomic E-state index is 14.8. The molecule has 0 amide bonds. The lowest BCUT2D eigenvalue weighted by Gasteiger charge is -2.18. The Morgan fingerprint density at radius 3 is 2.69 bits per heavy atom. The van der Waals surface area contributed by atoms with Crippen LogP contribution in [0.1, 0.15) is 59.2 Å². The van der Waals surface area contributed by atoms with Gasteiger partial charge in [0.05, 0.1) is 5.52 Å². The summed E-state index contributed by atoms with van der Waals surface area (Å²) in [6.45, 7) is 3.97. The molecule has 0 aliphatic heterocycles. The number of carbonyl (C=O) groups is 1. The monoisotopic (exact) mass is 359 g/mol. The molecule has 1 aliphatic carbocycles. The standard InChI is InChI=1S/C19H22FN3O3/c1-9(7-21)5-15(22)16-10(2)17-12(11-3-4-11)6-13(19(25)26)18(24)23(17)8-14(16)20/h6,8-9,11,22H,3-5,7,21H2,1-2H3,(H,25,26). The zero-order valence-corrected chi connectivity index (χ0v) is 14.8. The molecule has 6 nitrogen and oxygen atoms in total. The van der Waals surface area contributed by atoms with Crippen molar-refractivity contribution in [2.24, 2.45) is 11.7 Å². The van der Waals surface area contributed by atoms with Gasteiger partial charge in [-0.15, -0.1) is 0 Å². The number of hydrogen-bond donors (Lipinski definition) is 3. The van der Waals surface area contributed by atoms with Gasteiger partial charge in [-0.2, -0.15) is 0 Å². The fraction of sp³-hybridized carbons (Fsp3) is 0.421. The highest BCUT2D eigenvalue weighted by Crippen LogP contribution is 2.43. The minimum absolute atomic E-state index is 0.0389. The highest BCUT2D eigenvalue weighted by molar-refractivity contribution is 6.01. The molecule has 1 fully saturated rings. The van der Waals surface area contributed by atoms with Crippen molar-refractivity contribution in [3.05, 3.63) is 50.7 Å². The predicted molar refractivity (Wildman–Crippen MR) is 97.0 cm³/mol. The number of rotatable bonds is 6. The summed E-state index contributed by atoms with van der Waals surface area (Å²) >= 11 is 0. The summed E-state index contributed by atoms with van der Waals surface area (Å²) in [5, 5.41) is 17.6. The largest absolute Gasteiger partial charge is 0.477 e. The molecule has 3 rings (SSSR count). The van der Waals surface area contributed by atoms with Crippen LogP contribution in [0.3, 0.4) is 0 Å². The highest BCUT2D eigenvalue weighted by atomic mass is 19.1. The quantitative estimate of drug-likeness (QED) is 0.689. The van der Waals surface area contributed by atoms with Gasteiger partial charge in [-0.05, 0) is 61.8 Å². The fourth-order valence-corrected chi connectivity index (χ4v) is 3.41. The first-order valence-corrected chi connectivity index (χ1v) is 8.65. The third kappa shape index (κ3) is 3.03. The molecule has 1 saturated carbocycles. The van der Waals surface area contributed by atoms with Gasteiger partial charge in [0.2, 0.25) is 0 Å². The number of fused-ring (bicyclic) bond motifs is 1. The minimum atomic E-state index is -1.32. The third-order valence-electron chi connectivity index (χ3n) is 4.98. The van der Waals surface area contributed by atoms with Crippen LogP contribution in [0, 0.1) is 24.1 Å². The van der Waals surface area contributed by atoms with E-state index in [0.717, 1.165) is 29.0 Å². The average Bonchev–Trinajstić information content (AvgIpc) is 3.40. The number of nitrogens with one attached hydrogen (secondary N) is 1. The third-order valence-corrected chi connectivity index (χ3v) is 4.98. The van der Waals surface area contributed by atoms with E-state index in [2.05, 4.69) is 0 Å². The zero-order chi connectivity index (χ0) is 19.2. The lowest BCUT2D eigenvalue weighted by Crippen LogP contribution is -2.25. The molecule has 0 saturated heterocycles. The van der Waals surface area contributed by atoms with Crippen molar-refractivity contribution < 1.29 is 14.3 Å². The van der Waals surface area contributed by atoms with Gasteiger partial charge in [0.1, 0.15) is 11.4 Å². The number of carboxylic acid groups (broad SMARTS) is 1. The van der Waals surface area contributed by atoms with Gasteiger partial charge < -0.3 is 16.2 Å². The molecule has 0 bridgehead atoms. The van der Waals surface area contributed by atoms with E-state index >= 15 is 0 Å². The van der Waals surface area contributed by atoms with Crippen LogP contribution in [0.25, 0.3) is 5.52 Å². The first-order chi connectivity index (χ1) is 12.3. The Labute approximate surface area is 150 Å². The van der Waals surface area contributed by atoms with Gasteiger partial charge in [-0.3, -0.25) is 9.20 Å². The fourth-order valence-electron chi connectivity index (χ4n) is 3.41. The maximum Gasteiger partial charge on any atom is 0.341 e. The van der Waals surface area contributed by atoms with Gasteiger partial charge in [0.15, 0.2) is 0 Å². The van der Waals surface area contributed by atoms with Gasteiger partial charge in [-0.25, -0.2) is 9.18 Å². The first-order valence-electron chi connectivity index (χ1n) is 8.65. The van der Waals surface area contributed by atoms with Crippen molar-refractivity contribution >= 4 is 17.2 Å². The lowest BCUT2D eigenvalue weighted by molar-refractivity contribution is 0.0694. The molecule has 26 heavy (non-hydrogen) atoms. The van der Waals surface area contributed by atoms with E-state index in [1.54, 1.807) is 6.92 Å². The molecule has 0 spiro atoms. The molecular formula is C19H22FN3O3. The second-order valence-corrected chi connectivity index (χ2v) is 7.12. The van der Waals surface area contributed by atoms with Crippen LogP contribution in [-0.4, -0.2) is 27.7 Å². The Kier molecular flexibility index (Phi) is 4.66. The number of halogens is 1. The Bertz CT molecular complexity index is 976. The summed E-state index contributed by atoms with van der Waals surface area (Å²) in [5.41, 5.74) is 6.56. The smallest absolute Gasteiger partial charge is 0.341 e. The normalized spacial score (nSPS) is 15.2. The minimum Gasteiger partial charge on any atom is -0.477 e. The highest BCUT2D eigenvalue weighted by Gasteiger charge is 2.30. The topological polar surface area (TPSA) is 109 Å². The molecule has 2 aromatic heterocycles. The van der Waals surface area contributed by atoms with Crippen LogP contribution >= 0.6 is 0 Å². The molecule has 0 aromatic carbocycles. The van der Waals surface area contributed by atoms with Crippen molar-refractivity contribution in [1.29, 1.82) is 5.41 Å². The van der Waals surface area contributed by atoms with Gasteiger partial charge in [0.25, 0.3) is 5.56 Å². The van der Waals surface area contributed by atoms with E-state index in [0.29, 0.717) is 24.0 Å². The summed E-state index contributed by atoms with van der Waals surface area (Å²) in [6.07, 6.45) is 3.15. The van der Waals surface area contributed by atoms with E-state index in [1.807, 2.05) is 6.92 Å². The van der Waals surface area contributed by atoms with Crippen molar-refractivity contribution in [2.75, 3.05) is 6.54 Å². The molecule has 1 unspecified atom stereocenters. The van der Waals surface area contributed by atoms with Crippen molar-refractivity contribution in [1.82, 2.24) is 4.40 Å². The van der Waals surface area contributed by atoms with Crippen LogP contribution in [0.4, 0.5) is 4.39 Å². The van der Waals surface area contributed by atoms with Crippen molar-refractivity contribution in [3.8, 4) is 0 Å². The maximum atomic E-state index is 14.8. The second-order valence-electron chi connectivity index (χ2n) is 7.12. The Balaban J connectivity index is 2.30. The van der Waals surface area contributed by atoms with Crippen molar-refractivity contribution in [3.63, 3.8) is 0 Å². The molecule has 2 heterocycles. The number of aryl methyl sites for hydroxylation is 1. The number of hydrogen-bond acceptors (Lipinski definition) is 4. The van der Waals surface area contributed by atoms with Crippen LogP contribution in [0.5, 0.6) is 0 Å². The van der Waals surface area contributed by atoms with E-state index in [9.17, 15) is 19.1 Å². The SMILES string of the molecule is Cc1c(C(=N)CC(C)CN)c(F)cn2c(=O)c(C(=O)O)cc(C3CC3)c12. The van der Waals surface area contributed by atoms with Crippen LogP contribution < -0.4 is 11.3 Å². The number of nitrogens with zero attached hydrogens (tertiary/aromatic N) is 1. The predicted octanol–water partition coefficient (Wildman–Crippen LogP) is 2.68. The molecular weight excluding hydrogens is 337 g/mol. The summed E-state index contributed by atoms with van der Waals surface area (Å²) in [6, 6.07) is 1.42. The first kappa shape index (κ1) is 18.3. The number of aromatic nitrogens is 1. The molecule has 7 heteroatoms. The van der Waals surface area contributed by atoms with Crippen LogP contribution in [0.15, 0.2) is 17.1 Å². The van der Waals surface area contributed by atoms with Crippen LogP contribution in [0.2, 0.25) is 0 Å². The van der Waals surface area contributed by atoms with Crippen LogP contribution in [-0.2, 0) is 0 Å².